The van der Waals surface area contributed by atoms with Crippen LogP contribution in [0.1, 0.15) is 12.5 Å². The average molecular weight is 291 g/mol. The van der Waals surface area contributed by atoms with Gasteiger partial charge in [0.1, 0.15) is 11.6 Å². The van der Waals surface area contributed by atoms with Gasteiger partial charge in [0.05, 0.1) is 18.1 Å². The van der Waals surface area contributed by atoms with Crippen LogP contribution in [0.3, 0.4) is 0 Å². The SMILES string of the molecule is COCCNCc1cc(F)c(SC(C)CO)c(F)c1. The van der Waals surface area contributed by atoms with E-state index in [4.69, 9.17) is 9.84 Å². The molecule has 1 aromatic rings. The monoisotopic (exact) mass is 291 g/mol. The Hall–Kier alpha value is -0.690. The fourth-order valence-electron chi connectivity index (χ4n) is 1.47. The van der Waals surface area contributed by atoms with Crippen LogP contribution in [0.25, 0.3) is 0 Å². The minimum absolute atomic E-state index is 0.0396. The Bertz CT molecular complexity index is 381. The maximum Gasteiger partial charge on any atom is 0.140 e. The van der Waals surface area contributed by atoms with Gasteiger partial charge in [-0.2, -0.15) is 0 Å². The summed E-state index contributed by atoms with van der Waals surface area (Å²) < 4.78 is 32.4. The number of aliphatic hydroxyl groups excluding tert-OH is 1. The van der Waals surface area contributed by atoms with E-state index in [0.29, 0.717) is 25.3 Å². The molecule has 0 bridgehead atoms. The number of hydrogen-bond donors (Lipinski definition) is 2. The van der Waals surface area contributed by atoms with E-state index >= 15 is 0 Å². The predicted octanol–water partition coefficient (Wildman–Crippen LogP) is 2.17. The van der Waals surface area contributed by atoms with E-state index in [1.165, 1.54) is 12.1 Å². The largest absolute Gasteiger partial charge is 0.395 e. The van der Waals surface area contributed by atoms with Gasteiger partial charge in [-0.05, 0) is 17.7 Å². The molecule has 0 spiro atoms. The van der Waals surface area contributed by atoms with Crippen LogP contribution >= 0.6 is 11.8 Å². The molecule has 0 fully saturated rings. The summed E-state index contributed by atoms with van der Waals surface area (Å²) >= 11 is 0.997. The number of aliphatic hydroxyl groups is 1. The van der Waals surface area contributed by atoms with Crippen LogP contribution in [0.15, 0.2) is 17.0 Å². The second kappa shape index (κ2) is 8.47. The molecular formula is C13H19F2NO2S. The molecule has 0 aliphatic carbocycles. The molecule has 0 heterocycles. The number of methoxy groups -OCH3 is 1. The van der Waals surface area contributed by atoms with Crippen LogP contribution in [-0.2, 0) is 11.3 Å². The zero-order valence-electron chi connectivity index (χ0n) is 11.1. The summed E-state index contributed by atoms with van der Waals surface area (Å²) in [6.07, 6.45) is 0. The fraction of sp³-hybridized carbons (Fsp3) is 0.538. The van der Waals surface area contributed by atoms with Crippen molar-refractivity contribution < 1.29 is 18.6 Å². The van der Waals surface area contributed by atoms with Crippen molar-refractivity contribution in [3.05, 3.63) is 29.3 Å². The molecule has 19 heavy (non-hydrogen) atoms. The van der Waals surface area contributed by atoms with Gasteiger partial charge in [-0.3, -0.25) is 0 Å². The lowest BCUT2D eigenvalue weighted by molar-refractivity contribution is 0.199. The molecule has 6 heteroatoms. The third-order valence-electron chi connectivity index (χ3n) is 2.45. The first-order chi connectivity index (χ1) is 9.08. The zero-order chi connectivity index (χ0) is 14.3. The van der Waals surface area contributed by atoms with E-state index in [0.717, 1.165) is 11.8 Å². The Kier molecular flexibility index (Phi) is 7.30. The molecule has 2 N–H and O–H groups in total. The summed E-state index contributed by atoms with van der Waals surface area (Å²) in [5.41, 5.74) is 0.548. The van der Waals surface area contributed by atoms with E-state index < -0.39 is 11.6 Å². The van der Waals surface area contributed by atoms with E-state index in [-0.39, 0.29) is 16.8 Å². The number of halogens is 2. The zero-order valence-corrected chi connectivity index (χ0v) is 11.9. The van der Waals surface area contributed by atoms with Crippen molar-refractivity contribution in [3.8, 4) is 0 Å². The molecule has 0 amide bonds. The lowest BCUT2D eigenvalue weighted by Crippen LogP contribution is -2.18. The molecule has 1 unspecified atom stereocenters. The standard InChI is InChI=1S/C13H19F2NO2S/c1-9(8-17)19-13-11(14)5-10(6-12(13)15)7-16-3-4-18-2/h5-6,9,16-17H,3-4,7-8H2,1-2H3. The quantitative estimate of drug-likeness (QED) is 0.569. The number of rotatable bonds is 8. The van der Waals surface area contributed by atoms with Gasteiger partial charge in [-0.1, -0.05) is 6.92 Å². The number of ether oxygens (including phenoxy) is 1. The highest BCUT2D eigenvalue weighted by atomic mass is 32.2. The van der Waals surface area contributed by atoms with Gasteiger partial charge in [-0.15, -0.1) is 11.8 Å². The van der Waals surface area contributed by atoms with Crippen molar-refractivity contribution >= 4 is 11.8 Å². The van der Waals surface area contributed by atoms with Crippen LogP contribution in [-0.4, -0.2) is 37.2 Å². The molecule has 108 valence electrons. The maximum absolute atomic E-state index is 13.8. The average Bonchev–Trinajstić information content (AvgIpc) is 2.38. The van der Waals surface area contributed by atoms with Crippen molar-refractivity contribution in [1.82, 2.24) is 5.32 Å². The van der Waals surface area contributed by atoms with Gasteiger partial charge in [0, 0.05) is 25.4 Å². The molecule has 3 nitrogen and oxygen atoms in total. The second-order valence-corrected chi connectivity index (χ2v) is 5.62. The summed E-state index contributed by atoms with van der Waals surface area (Å²) in [6.45, 7) is 3.15. The van der Waals surface area contributed by atoms with E-state index in [1.807, 2.05) is 0 Å². The molecule has 0 saturated carbocycles. The molecule has 0 aliphatic heterocycles. The normalized spacial score (nSPS) is 12.7. The minimum atomic E-state index is -0.589. The van der Waals surface area contributed by atoms with E-state index in [1.54, 1.807) is 14.0 Å². The van der Waals surface area contributed by atoms with E-state index in [9.17, 15) is 8.78 Å². The van der Waals surface area contributed by atoms with Gasteiger partial charge < -0.3 is 15.2 Å². The van der Waals surface area contributed by atoms with Crippen molar-refractivity contribution in [1.29, 1.82) is 0 Å². The van der Waals surface area contributed by atoms with Crippen molar-refractivity contribution in [3.63, 3.8) is 0 Å². The number of thioether (sulfide) groups is 1. The Labute approximate surface area is 116 Å². The van der Waals surface area contributed by atoms with Gasteiger partial charge in [0.15, 0.2) is 0 Å². The highest BCUT2D eigenvalue weighted by molar-refractivity contribution is 8.00. The molecular weight excluding hydrogens is 272 g/mol. The van der Waals surface area contributed by atoms with Crippen LogP contribution in [0.4, 0.5) is 8.78 Å². The highest BCUT2D eigenvalue weighted by Gasteiger charge is 2.14. The van der Waals surface area contributed by atoms with Crippen molar-refractivity contribution in [2.45, 2.75) is 23.6 Å². The Balaban J connectivity index is 2.68. The highest BCUT2D eigenvalue weighted by Crippen LogP contribution is 2.29. The molecule has 1 aromatic carbocycles. The first-order valence-corrected chi connectivity index (χ1v) is 6.91. The van der Waals surface area contributed by atoms with Crippen molar-refractivity contribution in [2.24, 2.45) is 0 Å². The van der Waals surface area contributed by atoms with Gasteiger partial charge in [0.2, 0.25) is 0 Å². The summed E-state index contributed by atoms with van der Waals surface area (Å²) in [4.78, 5) is -0.0396. The summed E-state index contributed by atoms with van der Waals surface area (Å²) in [5, 5.41) is 11.7. The minimum Gasteiger partial charge on any atom is -0.395 e. The van der Waals surface area contributed by atoms with Crippen LogP contribution in [0.5, 0.6) is 0 Å². The van der Waals surface area contributed by atoms with Crippen LogP contribution in [0, 0.1) is 11.6 Å². The summed E-state index contributed by atoms with van der Waals surface area (Å²) in [5.74, 6) is -1.18. The molecule has 0 saturated heterocycles. The topological polar surface area (TPSA) is 41.5 Å². The third-order valence-corrected chi connectivity index (χ3v) is 3.62. The number of hydrogen-bond acceptors (Lipinski definition) is 4. The van der Waals surface area contributed by atoms with Gasteiger partial charge in [0.25, 0.3) is 0 Å². The van der Waals surface area contributed by atoms with Crippen LogP contribution < -0.4 is 5.32 Å². The Morgan fingerprint density at radius 2 is 2.00 bits per heavy atom. The van der Waals surface area contributed by atoms with Crippen molar-refractivity contribution in [2.75, 3.05) is 26.9 Å². The molecule has 0 aromatic heterocycles. The number of benzene rings is 1. The summed E-state index contributed by atoms with van der Waals surface area (Å²) in [6, 6.07) is 2.63. The Morgan fingerprint density at radius 3 is 2.53 bits per heavy atom. The lowest BCUT2D eigenvalue weighted by Gasteiger charge is -2.11. The van der Waals surface area contributed by atoms with E-state index in [2.05, 4.69) is 5.32 Å². The summed E-state index contributed by atoms with van der Waals surface area (Å²) in [7, 11) is 1.59. The van der Waals surface area contributed by atoms with Gasteiger partial charge >= 0.3 is 0 Å². The third kappa shape index (κ3) is 5.44. The Morgan fingerprint density at radius 1 is 1.37 bits per heavy atom. The number of nitrogens with one attached hydrogen (secondary N) is 1. The fourth-order valence-corrected chi connectivity index (χ4v) is 2.29. The first-order valence-electron chi connectivity index (χ1n) is 6.03. The van der Waals surface area contributed by atoms with Crippen LogP contribution in [0.2, 0.25) is 0 Å². The lowest BCUT2D eigenvalue weighted by atomic mass is 10.2. The molecule has 0 aliphatic rings. The molecule has 0 radical (unpaired) electrons. The maximum atomic E-state index is 13.8. The second-order valence-electron chi connectivity index (χ2n) is 4.17. The van der Waals surface area contributed by atoms with Gasteiger partial charge in [-0.25, -0.2) is 8.78 Å². The smallest absolute Gasteiger partial charge is 0.140 e. The first kappa shape index (κ1) is 16.4. The molecule has 1 rings (SSSR count). The predicted molar refractivity (Wildman–Crippen MR) is 72.3 cm³/mol. The molecule has 1 atom stereocenters.